The van der Waals surface area contributed by atoms with Crippen molar-refractivity contribution in [3.63, 3.8) is 0 Å². The Kier molecular flexibility index (Phi) is 8.96. The van der Waals surface area contributed by atoms with E-state index in [-0.39, 0.29) is 24.7 Å². The summed E-state index contributed by atoms with van der Waals surface area (Å²) >= 11 is 0. The molecule has 0 saturated carbocycles. The Morgan fingerprint density at radius 2 is 1.56 bits per heavy atom. The van der Waals surface area contributed by atoms with Gasteiger partial charge >= 0.3 is 12.0 Å². The standard InChI is InChI=1S/C35H34N4O4/c1-4-26-15-9-12-18-31(26)39-32(37-30-17-11-10-16-29(30)33(39)40)24(3)38(23-25-13-7-6-8-14-25)35(42)36-28-21-19-27(20-22-28)34(41)43-5-2/h6-22,24H,4-5,23H2,1-3H3,(H,36,42). The van der Waals surface area contributed by atoms with Gasteiger partial charge in [0.2, 0.25) is 0 Å². The molecule has 5 aromatic rings. The molecule has 2 amide bonds. The smallest absolute Gasteiger partial charge is 0.338 e. The summed E-state index contributed by atoms with van der Waals surface area (Å²) in [6.45, 7) is 6.23. The van der Waals surface area contributed by atoms with Gasteiger partial charge in [0.25, 0.3) is 5.56 Å². The molecule has 0 fully saturated rings. The normalized spacial score (nSPS) is 11.6. The molecule has 5 rings (SSSR count). The summed E-state index contributed by atoms with van der Waals surface area (Å²) in [4.78, 5) is 46.8. The fourth-order valence-electron chi connectivity index (χ4n) is 5.09. The minimum atomic E-state index is -0.610. The van der Waals surface area contributed by atoms with Crippen LogP contribution in [0, 0.1) is 0 Å². The van der Waals surface area contributed by atoms with Crippen LogP contribution in [0.25, 0.3) is 16.6 Å². The van der Waals surface area contributed by atoms with Gasteiger partial charge < -0.3 is 15.0 Å². The lowest BCUT2D eigenvalue weighted by molar-refractivity contribution is 0.0526. The number of carbonyl (C=O) groups is 2. The molecule has 218 valence electrons. The first-order chi connectivity index (χ1) is 20.9. The summed E-state index contributed by atoms with van der Waals surface area (Å²) in [6.07, 6.45) is 0.721. The van der Waals surface area contributed by atoms with Crippen LogP contribution in [-0.2, 0) is 17.7 Å². The van der Waals surface area contributed by atoms with Gasteiger partial charge in [-0.05, 0) is 73.9 Å². The van der Waals surface area contributed by atoms with Gasteiger partial charge in [-0.2, -0.15) is 0 Å². The van der Waals surface area contributed by atoms with Crippen LogP contribution in [0.5, 0.6) is 0 Å². The second-order valence-electron chi connectivity index (χ2n) is 10.1. The highest BCUT2D eigenvalue weighted by Gasteiger charge is 2.28. The second kappa shape index (κ2) is 13.2. The SMILES string of the molecule is CCOC(=O)c1ccc(NC(=O)N(Cc2ccccc2)C(C)c2nc3ccccc3c(=O)n2-c2ccccc2CC)cc1. The van der Waals surface area contributed by atoms with Gasteiger partial charge in [0.15, 0.2) is 0 Å². The first-order valence-electron chi connectivity index (χ1n) is 14.4. The Hall–Kier alpha value is -5.24. The van der Waals surface area contributed by atoms with Crippen molar-refractivity contribution in [3.05, 3.63) is 136 Å². The summed E-state index contributed by atoms with van der Waals surface area (Å²) in [6, 6.07) is 30.3. The lowest BCUT2D eigenvalue weighted by atomic mass is 10.1. The van der Waals surface area contributed by atoms with E-state index < -0.39 is 12.0 Å². The number of carbonyl (C=O) groups excluding carboxylic acids is 2. The second-order valence-corrected chi connectivity index (χ2v) is 10.1. The number of ether oxygens (including phenoxy) is 1. The zero-order valence-electron chi connectivity index (χ0n) is 24.5. The molecule has 0 spiro atoms. The lowest BCUT2D eigenvalue weighted by Crippen LogP contribution is -2.39. The molecule has 1 atom stereocenters. The van der Waals surface area contributed by atoms with Gasteiger partial charge in [0.05, 0.1) is 34.8 Å². The zero-order chi connectivity index (χ0) is 30.3. The number of anilines is 1. The van der Waals surface area contributed by atoms with E-state index in [1.165, 1.54) is 0 Å². The van der Waals surface area contributed by atoms with Crippen molar-refractivity contribution in [2.45, 2.75) is 39.8 Å². The Balaban J connectivity index is 1.59. The van der Waals surface area contributed by atoms with Crippen LogP contribution >= 0.6 is 0 Å². The van der Waals surface area contributed by atoms with E-state index in [4.69, 9.17) is 9.72 Å². The molecule has 1 heterocycles. The Morgan fingerprint density at radius 3 is 2.28 bits per heavy atom. The molecule has 8 nitrogen and oxygen atoms in total. The minimum absolute atomic E-state index is 0.192. The number of nitrogens with zero attached hydrogens (tertiary/aromatic N) is 3. The van der Waals surface area contributed by atoms with Crippen molar-refractivity contribution in [1.82, 2.24) is 14.5 Å². The van der Waals surface area contributed by atoms with E-state index in [9.17, 15) is 14.4 Å². The first kappa shape index (κ1) is 29.3. The maximum Gasteiger partial charge on any atom is 0.338 e. The highest BCUT2D eigenvalue weighted by atomic mass is 16.5. The quantitative estimate of drug-likeness (QED) is 0.193. The summed E-state index contributed by atoms with van der Waals surface area (Å²) in [7, 11) is 0. The number of rotatable bonds is 9. The van der Waals surface area contributed by atoms with E-state index in [0.717, 1.165) is 23.2 Å². The summed E-state index contributed by atoms with van der Waals surface area (Å²) in [5.74, 6) is 0.0285. The molecule has 4 aromatic carbocycles. The van der Waals surface area contributed by atoms with Gasteiger partial charge in [-0.25, -0.2) is 14.6 Å². The van der Waals surface area contributed by atoms with E-state index in [1.54, 1.807) is 46.7 Å². The molecule has 8 heteroatoms. The number of fused-ring (bicyclic) bond motifs is 1. The third-order valence-electron chi connectivity index (χ3n) is 7.36. The average Bonchev–Trinajstić information content (AvgIpc) is 3.04. The predicted molar refractivity (Wildman–Crippen MR) is 169 cm³/mol. The van der Waals surface area contributed by atoms with Crippen LogP contribution in [0.3, 0.4) is 0 Å². The number of aryl methyl sites for hydroxylation is 1. The Morgan fingerprint density at radius 1 is 0.884 bits per heavy atom. The molecule has 0 aliphatic heterocycles. The topological polar surface area (TPSA) is 93.5 Å². The monoisotopic (exact) mass is 574 g/mol. The van der Waals surface area contributed by atoms with Gasteiger partial charge in [0, 0.05) is 12.2 Å². The highest BCUT2D eigenvalue weighted by molar-refractivity contribution is 5.92. The molecular weight excluding hydrogens is 540 g/mol. The molecule has 1 N–H and O–H groups in total. The number of hydrogen-bond acceptors (Lipinski definition) is 5. The number of nitrogens with one attached hydrogen (secondary N) is 1. The van der Waals surface area contributed by atoms with Crippen molar-refractivity contribution >= 4 is 28.6 Å². The van der Waals surface area contributed by atoms with Crippen LogP contribution in [-0.4, -0.2) is 33.1 Å². The van der Waals surface area contributed by atoms with Crippen molar-refractivity contribution in [3.8, 4) is 5.69 Å². The largest absolute Gasteiger partial charge is 0.462 e. The maximum absolute atomic E-state index is 14.1. The number of para-hydroxylation sites is 2. The van der Waals surface area contributed by atoms with Crippen LogP contribution in [0.4, 0.5) is 10.5 Å². The summed E-state index contributed by atoms with van der Waals surface area (Å²) in [5, 5.41) is 3.47. The highest BCUT2D eigenvalue weighted by Crippen LogP contribution is 2.27. The molecule has 0 aliphatic rings. The predicted octanol–water partition coefficient (Wildman–Crippen LogP) is 6.92. The summed E-state index contributed by atoms with van der Waals surface area (Å²) < 4.78 is 6.71. The fraction of sp³-hybridized carbons (Fsp3) is 0.200. The van der Waals surface area contributed by atoms with Crippen molar-refractivity contribution in [2.24, 2.45) is 0 Å². The van der Waals surface area contributed by atoms with E-state index in [0.29, 0.717) is 28.0 Å². The van der Waals surface area contributed by atoms with E-state index in [2.05, 4.69) is 5.32 Å². The lowest BCUT2D eigenvalue weighted by Gasteiger charge is -2.31. The Labute approximate surface area is 250 Å². The number of esters is 1. The minimum Gasteiger partial charge on any atom is -0.462 e. The molecule has 43 heavy (non-hydrogen) atoms. The summed E-state index contributed by atoms with van der Waals surface area (Å²) in [5.41, 5.74) is 3.94. The maximum atomic E-state index is 14.1. The molecule has 0 aliphatic carbocycles. The fourth-order valence-corrected chi connectivity index (χ4v) is 5.09. The van der Waals surface area contributed by atoms with Crippen molar-refractivity contribution in [2.75, 3.05) is 11.9 Å². The van der Waals surface area contributed by atoms with Crippen LogP contribution in [0.1, 0.15) is 54.1 Å². The number of benzene rings is 4. The van der Waals surface area contributed by atoms with Gasteiger partial charge in [0.1, 0.15) is 5.82 Å². The van der Waals surface area contributed by atoms with Gasteiger partial charge in [-0.15, -0.1) is 0 Å². The number of hydrogen-bond donors (Lipinski definition) is 1. The number of urea groups is 1. The average molecular weight is 575 g/mol. The van der Waals surface area contributed by atoms with E-state index >= 15 is 0 Å². The molecule has 0 saturated heterocycles. The number of aromatic nitrogens is 2. The van der Waals surface area contributed by atoms with Crippen molar-refractivity contribution in [1.29, 1.82) is 0 Å². The van der Waals surface area contributed by atoms with Gasteiger partial charge in [-0.3, -0.25) is 9.36 Å². The Bertz CT molecular complexity index is 1800. The molecule has 0 bridgehead atoms. The van der Waals surface area contributed by atoms with Crippen LogP contribution in [0.2, 0.25) is 0 Å². The van der Waals surface area contributed by atoms with Crippen molar-refractivity contribution < 1.29 is 14.3 Å². The molecule has 1 aromatic heterocycles. The van der Waals surface area contributed by atoms with Crippen LogP contribution in [0.15, 0.2) is 108 Å². The molecule has 1 unspecified atom stereocenters. The van der Waals surface area contributed by atoms with Gasteiger partial charge in [-0.1, -0.05) is 67.6 Å². The molecular formula is C35H34N4O4. The molecule has 0 radical (unpaired) electrons. The van der Waals surface area contributed by atoms with Crippen LogP contribution < -0.4 is 10.9 Å². The third kappa shape index (κ3) is 6.33. The number of amides is 2. The first-order valence-corrected chi connectivity index (χ1v) is 14.4. The third-order valence-corrected chi connectivity index (χ3v) is 7.36. The van der Waals surface area contributed by atoms with E-state index in [1.807, 2.05) is 86.6 Å². The zero-order valence-corrected chi connectivity index (χ0v) is 24.5.